The highest BCUT2D eigenvalue weighted by Gasteiger charge is 2.39. The lowest BCUT2D eigenvalue weighted by Crippen LogP contribution is -2.46. The first-order valence-corrected chi connectivity index (χ1v) is 7.65. The summed E-state index contributed by atoms with van der Waals surface area (Å²) in [6.45, 7) is 0. The molecule has 20 heavy (non-hydrogen) atoms. The maximum atomic E-state index is 12.3. The first kappa shape index (κ1) is 13.7. The Morgan fingerprint density at radius 3 is 3.00 bits per heavy atom. The molecular formula is C14H13BrN2O2S. The van der Waals surface area contributed by atoms with Gasteiger partial charge in [-0.05, 0) is 48.8 Å². The number of phenols is 1. The van der Waals surface area contributed by atoms with Gasteiger partial charge in [-0.15, -0.1) is 0 Å². The van der Waals surface area contributed by atoms with E-state index in [0.29, 0.717) is 11.5 Å². The molecule has 0 bridgehead atoms. The largest absolute Gasteiger partial charge is 0.508 e. The maximum Gasteiger partial charge on any atom is 0.193 e. The van der Waals surface area contributed by atoms with E-state index in [2.05, 4.69) is 26.2 Å². The molecule has 1 fully saturated rings. The van der Waals surface area contributed by atoms with Crippen LogP contribution in [-0.2, 0) is 4.79 Å². The second kappa shape index (κ2) is 5.26. The Morgan fingerprint density at radius 2 is 2.20 bits per heavy atom. The van der Waals surface area contributed by atoms with Gasteiger partial charge in [0.2, 0.25) is 0 Å². The number of aliphatic imine (C=N–C) groups is 1. The van der Waals surface area contributed by atoms with E-state index in [1.54, 1.807) is 18.2 Å². The van der Waals surface area contributed by atoms with E-state index in [-0.39, 0.29) is 23.5 Å². The van der Waals surface area contributed by atoms with E-state index in [0.717, 1.165) is 28.6 Å². The van der Waals surface area contributed by atoms with Crippen molar-refractivity contribution in [2.75, 3.05) is 0 Å². The van der Waals surface area contributed by atoms with Crippen LogP contribution in [0, 0.1) is 5.92 Å². The minimum Gasteiger partial charge on any atom is -0.508 e. The molecule has 2 atom stereocenters. The Bertz CT molecular complexity index is 630. The van der Waals surface area contributed by atoms with Gasteiger partial charge in [0.05, 0.1) is 12.0 Å². The van der Waals surface area contributed by atoms with Crippen LogP contribution in [0.3, 0.4) is 0 Å². The molecule has 1 aromatic rings. The van der Waals surface area contributed by atoms with E-state index in [4.69, 9.17) is 12.2 Å². The molecule has 2 aliphatic rings. The predicted octanol–water partition coefficient (Wildman–Crippen LogP) is 2.89. The first-order valence-electron chi connectivity index (χ1n) is 6.45. The molecule has 0 spiro atoms. The van der Waals surface area contributed by atoms with Gasteiger partial charge in [-0.2, -0.15) is 0 Å². The van der Waals surface area contributed by atoms with Crippen LogP contribution in [0.2, 0.25) is 0 Å². The number of Topliss-reactive ketones (excluding diaryl/α,β-unsaturated/α-hetero) is 1. The monoisotopic (exact) mass is 352 g/mol. The molecular weight excluding hydrogens is 340 g/mol. The van der Waals surface area contributed by atoms with Crippen molar-refractivity contribution in [3.63, 3.8) is 0 Å². The predicted molar refractivity (Wildman–Crippen MR) is 84.1 cm³/mol. The van der Waals surface area contributed by atoms with Crippen molar-refractivity contribution in [3.05, 3.63) is 28.2 Å². The molecule has 1 heterocycles. The molecule has 1 saturated carbocycles. The lowest BCUT2D eigenvalue weighted by molar-refractivity contribution is -0.122. The fourth-order valence-electron chi connectivity index (χ4n) is 2.85. The molecule has 2 N–H and O–H groups in total. The number of benzene rings is 1. The van der Waals surface area contributed by atoms with Gasteiger partial charge in [-0.3, -0.25) is 4.79 Å². The molecule has 1 aromatic carbocycles. The molecule has 4 nitrogen and oxygen atoms in total. The van der Waals surface area contributed by atoms with Crippen molar-refractivity contribution in [3.8, 4) is 5.75 Å². The summed E-state index contributed by atoms with van der Waals surface area (Å²) in [5, 5.41) is 13.2. The SMILES string of the molecule is O=C1CCCC2=NC(=S)N[C@@H](c3cc(O)ccc3Br)C12. The summed E-state index contributed by atoms with van der Waals surface area (Å²) >= 11 is 8.65. The topological polar surface area (TPSA) is 61.7 Å². The van der Waals surface area contributed by atoms with Crippen LogP contribution < -0.4 is 5.32 Å². The number of nitrogens with zero attached hydrogens (tertiary/aromatic N) is 1. The second-order valence-corrected chi connectivity index (χ2v) is 6.27. The smallest absolute Gasteiger partial charge is 0.193 e. The Hall–Kier alpha value is -1.27. The van der Waals surface area contributed by atoms with Crippen LogP contribution in [0.4, 0.5) is 0 Å². The molecule has 1 unspecified atom stereocenters. The average molecular weight is 353 g/mol. The van der Waals surface area contributed by atoms with Crippen molar-refractivity contribution in [1.29, 1.82) is 0 Å². The molecule has 0 aromatic heterocycles. The normalized spacial score (nSPS) is 25.8. The van der Waals surface area contributed by atoms with Gasteiger partial charge in [-0.25, -0.2) is 4.99 Å². The van der Waals surface area contributed by atoms with Crippen molar-refractivity contribution < 1.29 is 9.90 Å². The first-order chi connectivity index (χ1) is 9.56. The fourth-order valence-corrected chi connectivity index (χ4v) is 3.59. The Morgan fingerprint density at radius 1 is 1.40 bits per heavy atom. The van der Waals surface area contributed by atoms with Gasteiger partial charge < -0.3 is 10.4 Å². The minimum absolute atomic E-state index is 0.170. The van der Waals surface area contributed by atoms with Crippen LogP contribution in [0.25, 0.3) is 0 Å². The van der Waals surface area contributed by atoms with Gasteiger partial charge in [0.15, 0.2) is 5.11 Å². The highest BCUT2D eigenvalue weighted by atomic mass is 79.9. The number of carbonyl (C=O) groups excluding carboxylic acids is 1. The van der Waals surface area contributed by atoms with Gasteiger partial charge in [0, 0.05) is 16.6 Å². The lowest BCUT2D eigenvalue weighted by Gasteiger charge is -2.35. The van der Waals surface area contributed by atoms with Crippen molar-refractivity contribution in [2.24, 2.45) is 10.9 Å². The third-order valence-electron chi connectivity index (χ3n) is 3.73. The quantitative estimate of drug-likeness (QED) is 0.763. The van der Waals surface area contributed by atoms with E-state index < -0.39 is 0 Å². The molecule has 104 valence electrons. The van der Waals surface area contributed by atoms with Crippen LogP contribution >= 0.6 is 28.1 Å². The number of halogens is 1. The number of hydrogen-bond acceptors (Lipinski definition) is 3. The van der Waals surface area contributed by atoms with E-state index in [1.165, 1.54) is 0 Å². The van der Waals surface area contributed by atoms with Crippen LogP contribution in [0.1, 0.15) is 30.9 Å². The Kier molecular flexibility index (Phi) is 3.60. The van der Waals surface area contributed by atoms with E-state index in [1.807, 2.05) is 0 Å². The van der Waals surface area contributed by atoms with Crippen molar-refractivity contribution in [2.45, 2.75) is 25.3 Å². The summed E-state index contributed by atoms with van der Waals surface area (Å²) in [7, 11) is 0. The third-order valence-corrected chi connectivity index (χ3v) is 4.67. The summed E-state index contributed by atoms with van der Waals surface area (Å²) in [5.41, 5.74) is 1.70. The number of hydrogen-bond donors (Lipinski definition) is 2. The summed E-state index contributed by atoms with van der Waals surface area (Å²) in [4.78, 5) is 16.6. The number of fused-ring (bicyclic) bond motifs is 1. The fraction of sp³-hybridized carbons (Fsp3) is 0.357. The zero-order valence-electron chi connectivity index (χ0n) is 10.6. The second-order valence-electron chi connectivity index (χ2n) is 5.03. The summed E-state index contributed by atoms with van der Waals surface area (Å²) in [6, 6.07) is 4.78. The van der Waals surface area contributed by atoms with Crippen molar-refractivity contribution >= 4 is 44.8 Å². The number of rotatable bonds is 1. The summed E-state index contributed by atoms with van der Waals surface area (Å²) in [6.07, 6.45) is 2.22. The minimum atomic E-state index is -0.284. The van der Waals surface area contributed by atoms with Gasteiger partial charge in [0.25, 0.3) is 0 Å². The number of ketones is 1. The van der Waals surface area contributed by atoms with Gasteiger partial charge >= 0.3 is 0 Å². The molecule has 1 aliphatic carbocycles. The number of thiocarbonyl (C=S) groups is 1. The highest BCUT2D eigenvalue weighted by molar-refractivity contribution is 9.10. The molecule has 0 amide bonds. The van der Waals surface area contributed by atoms with Crippen LogP contribution in [0.15, 0.2) is 27.7 Å². The molecule has 1 aliphatic heterocycles. The standard InChI is InChI=1S/C14H13BrN2O2S/c15-9-5-4-7(18)6-8(9)13-12-10(16-14(20)17-13)2-1-3-11(12)19/h4-6,12-13,18H,1-3H2,(H,17,20)/t12?,13-/m0/s1. The Balaban J connectivity index is 2.07. The maximum absolute atomic E-state index is 12.3. The van der Waals surface area contributed by atoms with Gasteiger partial charge in [-0.1, -0.05) is 15.9 Å². The molecule has 6 heteroatoms. The zero-order chi connectivity index (χ0) is 14.3. The summed E-state index contributed by atoms with van der Waals surface area (Å²) in [5.74, 6) is 0.0713. The number of phenolic OH excluding ortho intramolecular Hbond substituents is 1. The van der Waals surface area contributed by atoms with Crippen LogP contribution in [-0.4, -0.2) is 21.7 Å². The molecule has 0 radical (unpaired) electrons. The lowest BCUT2D eigenvalue weighted by atomic mass is 9.77. The van der Waals surface area contributed by atoms with Gasteiger partial charge in [0.1, 0.15) is 11.5 Å². The average Bonchev–Trinajstić information content (AvgIpc) is 2.40. The highest BCUT2D eigenvalue weighted by Crippen LogP contribution is 2.37. The molecule has 0 saturated heterocycles. The third kappa shape index (κ3) is 2.38. The Labute approximate surface area is 130 Å². The van der Waals surface area contributed by atoms with Crippen molar-refractivity contribution in [1.82, 2.24) is 5.32 Å². The van der Waals surface area contributed by atoms with Crippen LogP contribution in [0.5, 0.6) is 5.75 Å². The molecule has 3 rings (SSSR count). The number of aromatic hydroxyl groups is 1. The van der Waals surface area contributed by atoms with E-state index >= 15 is 0 Å². The number of carbonyl (C=O) groups is 1. The van der Waals surface area contributed by atoms with E-state index in [9.17, 15) is 9.90 Å². The summed E-state index contributed by atoms with van der Waals surface area (Å²) < 4.78 is 0.843. The zero-order valence-corrected chi connectivity index (χ0v) is 13.0. The number of nitrogens with one attached hydrogen (secondary N) is 1.